The average Bonchev–Trinajstić information content (AvgIpc) is 2.72. The van der Waals surface area contributed by atoms with E-state index >= 15 is 0 Å². The van der Waals surface area contributed by atoms with Gasteiger partial charge in [-0.15, -0.1) is 0 Å². The molecule has 2 heterocycles. The molecule has 4 nitrogen and oxygen atoms in total. The summed E-state index contributed by atoms with van der Waals surface area (Å²) in [5, 5.41) is 0.00355. The molecular formula is C22H24F3N3OS. The van der Waals surface area contributed by atoms with E-state index in [0.717, 1.165) is 35.7 Å². The second-order valence-electron chi connectivity index (χ2n) is 8.20. The predicted molar refractivity (Wildman–Crippen MR) is 110 cm³/mol. The maximum absolute atomic E-state index is 13.7. The van der Waals surface area contributed by atoms with Crippen LogP contribution < -0.4 is 0 Å². The number of halogens is 3. The van der Waals surface area contributed by atoms with E-state index in [-0.39, 0.29) is 34.8 Å². The number of hydrogen-bond donors (Lipinski definition) is 0. The van der Waals surface area contributed by atoms with Crippen molar-refractivity contribution in [2.24, 2.45) is 5.92 Å². The van der Waals surface area contributed by atoms with Crippen LogP contribution in [0.25, 0.3) is 11.3 Å². The van der Waals surface area contributed by atoms with Crippen LogP contribution in [0.15, 0.2) is 29.4 Å². The van der Waals surface area contributed by atoms with E-state index in [1.807, 2.05) is 24.0 Å². The Morgan fingerprint density at radius 1 is 1.17 bits per heavy atom. The van der Waals surface area contributed by atoms with E-state index in [1.54, 1.807) is 12.1 Å². The number of fused-ring (bicyclic) bond motifs is 3. The van der Waals surface area contributed by atoms with E-state index in [2.05, 4.69) is 16.9 Å². The highest BCUT2D eigenvalue weighted by Gasteiger charge is 2.39. The smallest absolute Gasteiger partial charge is 0.339 e. The summed E-state index contributed by atoms with van der Waals surface area (Å²) in [6, 6.07) is 7.56. The first-order valence-corrected chi connectivity index (χ1v) is 11.2. The molecule has 1 aromatic carbocycles. The standard InChI is InChI=1S/C22H24F3N3OS/c1-13-7-8-14(2)28(11-13)18(29)12-30-21-26-19-16-6-4-3-5-15(16)9-10-17(19)20(27-21)22(23,24)25/h3-6,13-14H,7-12H2,1-2H3/t13-,14-/m1/s1. The molecular weight excluding hydrogens is 411 g/mol. The average molecular weight is 436 g/mol. The van der Waals surface area contributed by atoms with Gasteiger partial charge in [0.05, 0.1) is 11.4 Å². The van der Waals surface area contributed by atoms with Crippen LogP contribution in [-0.4, -0.2) is 39.1 Å². The molecule has 0 saturated carbocycles. The quantitative estimate of drug-likeness (QED) is 0.503. The van der Waals surface area contributed by atoms with Crippen LogP contribution in [0.5, 0.6) is 0 Å². The van der Waals surface area contributed by atoms with Gasteiger partial charge < -0.3 is 4.90 Å². The van der Waals surface area contributed by atoms with Crippen LogP contribution in [0.1, 0.15) is 43.5 Å². The van der Waals surface area contributed by atoms with Gasteiger partial charge in [0.25, 0.3) is 0 Å². The summed E-state index contributed by atoms with van der Waals surface area (Å²) in [6.07, 6.45) is -1.74. The third-order valence-corrected chi connectivity index (χ3v) is 6.77. The molecule has 0 spiro atoms. The lowest BCUT2D eigenvalue weighted by Gasteiger charge is -2.36. The molecule has 1 aliphatic heterocycles. The molecule has 2 aromatic rings. The molecule has 160 valence electrons. The lowest BCUT2D eigenvalue weighted by atomic mass is 9.88. The zero-order valence-electron chi connectivity index (χ0n) is 17.0. The Morgan fingerprint density at radius 2 is 1.93 bits per heavy atom. The number of thioether (sulfide) groups is 1. The van der Waals surface area contributed by atoms with Crippen LogP contribution in [-0.2, 0) is 23.8 Å². The second kappa shape index (κ2) is 8.21. The first-order valence-electron chi connectivity index (χ1n) is 10.2. The first kappa shape index (κ1) is 21.2. The summed E-state index contributed by atoms with van der Waals surface area (Å²) in [4.78, 5) is 22.9. The summed E-state index contributed by atoms with van der Waals surface area (Å²) < 4.78 is 41.2. The summed E-state index contributed by atoms with van der Waals surface area (Å²) >= 11 is 0.990. The predicted octanol–water partition coefficient (Wildman–Crippen LogP) is 5.00. The van der Waals surface area contributed by atoms with Crippen molar-refractivity contribution in [2.45, 2.75) is 56.9 Å². The van der Waals surface area contributed by atoms with Crippen molar-refractivity contribution in [1.82, 2.24) is 14.9 Å². The highest BCUT2D eigenvalue weighted by atomic mass is 32.2. The molecule has 1 aliphatic carbocycles. The number of rotatable bonds is 3. The number of amides is 1. The molecule has 2 atom stereocenters. The molecule has 30 heavy (non-hydrogen) atoms. The number of aryl methyl sites for hydroxylation is 1. The van der Waals surface area contributed by atoms with Crippen molar-refractivity contribution in [3.8, 4) is 11.3 Å². The van der Waals surface area contributed by atoms with Crippen molar-refractivity contribution in [1.29, 1.82) is 0 Å². The van der Waals surface area contributed by atoms with Crippen LogP contribution in [0.4, 0.5) is 13.2 Å². The number of alkyl halides is 3. The van der Waals surface area contributed by atoms with Gasteiger partial charge in [-0.3, -0.25) is 4.79 Å². The van der Waals surface area contributed by atoms with E-state index in [9.17, 15) is 18.0 Å². The maximum Gasteiger partial charge on any atom is 0.433 e. The van der Waals surface area contributed by atoms with Crippen LogP contribution in [0.3, 0.4) is 0 Å². The number of likely N-dealkylation sites (tertiary alicyclic amines) is 1. The molecule has 0 N–H and O–H groups in total. The highest BCUT2D eigenvalue weighted by Crippen LogP contribution is 2.40. The zero-order valence-corrected chi connectivity index (χ0v) is 17.8. The van der Waals surface area contributed by atoms with Crippen molar-refractivity contribution >= 4 is 17.7 Å². The largest absolute Gasteiger partial charge is 0.433 e. The molecule has 0 bridgehead atoms. The van der Waals surface area contributed by atoms with Gasteiger partial charge in [0.2, 0.25) is 5.91 Å². The van der Waals surface area contributed by atoms with Crippen molar-refractivity contribution < 1.29 is 18.0 Å². The van der Waals surface area contributed by atoms with Gasteiger partial charge in [-0.2, -0.15) is 13.2 Å². The van der Waals surface area contributed by atoms with E-state index in [1.165, 1.54) is 0 Å². The SMILES string of the molecule is C[C@@H]1CC[C@@H](C)N(C(=O)CSc2nc3c(c(C(F)(F)F)n2)CCc2ccccc2-3)C1. The van der Waals surface area contributed by atoms with E-state index in [4.69, 9.17) is 0 Å². The van der Waals surface area contributed by atoms with Crippen molar-refractivity contribution in [2.75, 3.05) is 12.3 Å². The minimum atomic E-state index is -4.56. The summed E-state index contributed by atoms with van der Waals surface area (Å²) in [5.74, 6) is 0.396. The summed E-state index contributed by atoms with van der Waals surface area (Å²) in [7, 11) is 0. The molecule has 8 heteroatoms. The van der Waals surface area contributed by atoms with E-state index in [0.29, 0.717) is 24.6 Å². The van der Waals surface area contributed by atoms with Gasteiger partial charge in [-0.1, -0.05) is 43.0 Å². The van der Waals surface area contributed by atoms with Crippen LogP contribution in [0, 0.1) is 5.92 Å². The zero-order chi connectivity index (χ0) is 21.5. The number of hydrogen-bond acceptors (Lipinski definition) is 4. The number of aromatic nitrogens is 2. The van der Waals surface area contributed by atoms with Gasteiger partial charge in [-0.05, 0) is 44.1 Å². The number of carbonyl (C=O) groups is 1. The molecule has 0 radical (unpaired) electrons. The Hall–Kier alpha value is -2.09. The monoisotopic (exact) mass is 435 g/mol. The Balaban J connectivity index is 1.62. The minimum Gasteiger partial charge on any atom is -0.339 e. The van der Waals surface area contributed by atoms with Gasteiger partial charge in [0, 0.05) is 23.7 Å². The summed E-state index contributed by atoms with van der Waals surface area (Å²) in [6.45, 7) is 4.81. The number of piperidine rings is 1. The number of benzene rings is 1. The third-order valence-electron chi connectivity index (χ3n) is 5.93. The fraction of sp³-hybridized carbons (Fsp3) is 0.500. The maximum atomic E-state index is 13.7. The van der Waals surface area contributed by atoms with Crippen molar-refractivity contribution in [3.05, 3.63) is 41.1 Å². The second-order valence-corrected chi connectivity index (χ2v) is 9.15. The fourth-order valence-corrected chi connectivity index (χ4v) is 5.03. The first-order chi connectivity index (χ1) is 14.2. The minimum absolute atomic E-state index is 0.00355. The topological polar surface area (TPSA) is 46.1 Å². The Labute approximate surface area is 178 Å². The molecule has 4 rings (SSSR count). The molecule has 2 aliphatic rings. The molecule has 1 aromatic heterocycles. The fourth-order valence-electron chi connectivity index (χ4n) is 4.30. The Morgan fingerprint density at radius 3 is 2.70 bits per heavy atom. The Bertz CT molecular complexity index is 963. The van der Waals surface area contributed by atoms with Gasteiger partial charge in [0.1, 0.15) is 0 Å². The van der Waals surface area contributed by atoms with E-state index < -0.39 is 11.9 Å². The molecule has 1 fully saturated rings. The lowest BCUT2D eigenvalue weighted by molar-refractivity contribution is -0.142. The molecule has 1 amide bonds. The van der Waals surface area contributed by atoms with Gasteiger partial charge in [-0.25, -0.2) is 9.97 Å². The summed E-state index contributed by atoms with van der Waals surface area (Å²) in [5.41, 5.74) is 1.32. The number of carbonyl (C=O) groups excluding carboxylic acids is 1. The third kappa shape index (κ3) is 4.19. The number of nitrogens with zero attached hydrogens (tertiary/aromatic N) is 3. The van der Waals surface area contributed by atoms with Crippen LogP contribution in [0.2, 0.25) is 0 Å². The highest BCUT2D eigenvalue weighted by molar-refractivity contribution is 7.99. The lowest BCUT2D eigenvalue weighted by Crippen LogP contribution is -2.45. The normalized spacial score (nSPS) is 21.2. The molecule has 1 saturated heterocycles. The van der Waals surface area contributed by atoms with Crippen LogP contribution >= 0.6 is 11.8 Å². The Kier molecular flexibility index (Phi) is 5.79. The van der Waals surface area contributed by atoms with Gasteiger partial charge >= 0.3 is 6.18 Å². The van der Waals surface area contributed by atoms with Crippen molar-refractivity contribution in [3.63, 3.8) is 0 Å². The van der Waals surface area contributed by atoms with Gasteiger partial charge in [0.15, 0.2) is 10.9 Å². The molecule has 0 unspecified atom stereocenters.